The van der Waals surface area contributed by atoms with Crippen LogP contribution in [0.5, 0.6) is 0 Å². The summed E-state index contributed by atoms with van der Waals surface area (Å²) in [5, 5.41) is 0. The number of benzene rings is 1. The molecule has 0 bridgehead atoms. The number of carbonyl (C=O) groups is 1. The zero-order valence-electron chi connectivity index (χ0n) is 9.83. The van der Waals surface area contributed by atoms with Gasteiger partial charge in [-0.3, -0.25) is 4.79 Å². The predicted molar refractivity (Wildman–Crippen MR) is 61.0 cm³/mol. The first-order valence-electron chi connectivity index (χ1n) is 5.59. The zero-order chi connectivity index (χ0) is 10.7. The van der Waals surface area contributed by atoms with Gasteiger partial charge in [0.05, 0.1) is 0 Å². The molecule has 0 aliphatic heterocycles. The summed E-state index contributed by atoms with van der Waals surface area (Å²) in [5.41, 5.74) is 9.20. The maximum absolute atomic E-state index is 11.9. The molecule has 2 rings (SSSR count). The molecule has 1 unspecified atom stereocenters. The number of Topliss-reactive ketones (excluding diaryl/α,β-unsaturated/α-hetero) is 1. The predicted octanol–water partition coefficient (Wildman–Crippen LogP) is 0.268. The summed E-state index contributed by atoms with van der Waals surface area (Å²) in [6.45, 7) is 0.480. The van der Waals surface area contributed by atoms with E-state index in [1.807, 2.05) is 18.2 Å². The van der Waals surface area contributed by atoms with E-state index < -0.39 is 0 Å². The monoisotopic (exact) mass is 241 g/mol. The van der Waals surface area contributed by atoms with Crippen molar-refractivity contribution < 1.29 is 56.2 Å². The van der Waals surface area contributed by atoms with E-state index in [4.69, 9.17) is 5.73 Å². The Labute approximate surface area is 139 Å². The van der Waals surface area contributed by atoms with Crippen molar-refractivity contribution in [3.63, 3.8) is 0 Å². The summed E-state index contributed by atoms with van der Waals surface area (Å²) in [4.78, 5) is 11.9. The van der Waals surface area contributed by atoms with Crippen LogP contribution in [-0.4, -0.2) is 12.3 Å². The van der Waals surface area contributed by atoms with Crippen LogP contribution in [0.4, 0.5) is 0 Å². The summed E-state index contributed by atoms with van der Waals surface area (Å²) in [5.74, 6) is 0.504. The molecule has 1 aliphatic rings. The minimum Gasteiger partial charge on any atom is -0.677 e. The van der Waals surface area contributed by atoms with Gasteiger partial charge in [0.15, 0.2) is 5.78 Å². The second kappa shape index (κ2) is 7.04. The molecule has 0 saturated heterocycles. The first-order chi connectivity index (χ1) is 7.33. The van der Waals surface area contributed by atoms with Crippen LogP contribution in [0.2, 0.25) is 0 Å². The number of ketones is 1. The molecule has 0 aromatic heterocycles. The van der Waals surface area contributed by atoms with Crippen LogP contribution in [0.1, 0.15) is 35.2 Å². The molecule has 1 N–H and O–H groups in total. The van der Waals surface area contributed by atoms with Crippen molar-refractivity contribution in [1.82, 2.24) is 0 Å². The summed E-state index contributed by atoms with van der Waals surface area (Å²) in [6, 6.07) is 7.92. The fourth-order valence-electron chi connectivity index (χ4n) is 2.27. The van der Waals surface area contributed by atoms with Crippen molar-refractivity contribution in [3.8, 4) is 0 Å². The summed E-state index contributed by atoms with van der Waals surface area (Å²) in [6.07, 6.45) is 3.79. The molecule has 16 heavy (non-hydrogen) atoms. The topological polar surface area (TPSA) is 40.9 Å². The molecule has 1 aromatic carbocycles. The molecule has 0 saturated carbocycles. The third-order valence-corrected chi connectivity index (χ3v) is 3.10. The first kappa shape index (κ1) is 14.5. The average molecular weight is 241 g/mol. The van der Waals surface area contributed by atoms with Gasteiger partial charge in [-0.2, -0.15) is 6.54 Å². The summed E-state index contributed by atoms with van der Waals surface area (Å²) in [7, 11) is 0. The Hall–Kier alpha value is 0.486. The fourth-order valence-corrected chi connectivity index (χ4v) is 2.27. The van der Waals surface area contributed by atoms with Crippen molar-refractivity contribution in [2.75, 3.05) is 6.54 Å². The molecule has 0 fully saturated rings. The van der Waals surface area contributed by atoms with E-state index in [1.54, 1.807) is 0 Å². The Kier molecular flexibility index (Phi) is 6.40. The number of hydrogen-bond donors (Lipinski definition) is 0. The zero-order valence-corrected chi connectivity index (χ0v) is 13.0. The van der Waals surface area contributed by atoms with Crippen LogP contribution < -0.4 is 51.4 Å². The van der Waals surface area contributed by atoms with E-state index in [2.05, 4.69) is 6.07 Å². The van der Waals surface area contributed by atoms with Gasteiger partial charge in [0.25, 0.3) is 0 Å². The van der Waals surface area contributed by atoms with Crippen LogP contribution in [0.3, 0.4) is 0 Å². The Balaban J connectivity index is 0.00000128. The van der Waals surface area contributed by atoms with Gasteiger partial charge in [0.2, 0.25) is 0 Å². The average Bonchev–Trinajstić information content (AvgIpc) is 2.57. The molecule has 0 heterocycles. The number of rotatable bonds is 4. The first-order valence-corrected chi connectivity index (χ1v) is 5.59. The van der Waals surface area contributed by atoms with E-state index in [0.717, 1.165) is 31.2 Å². The largest absolute Gasteiger partial charge is 1.00 e. The minimum atomic E-state index is 0. The summed E-state index contributed by atoms with van der Waals surface area (Å²) < 4.78 is 0. The Morgan fingerprint density at radius 2 is 2.00 bits per heavy atom. The quantitative estimate of drug-likeness (QED) is 0.551. The fraction of sp³-hybridized carbons (Fsp3) is 0.462. The summed E-state index contributed by atoms with van der Waals surface area (Å²) >= 11 is 0. The van der Waals surface area contributed by atoms with Gasteiger partial charge >= 0.3 is 51.4 Å². The molecule has 3 heteroatoms. The third kappa shape index (κ3) is 3.25. The van der Waals surface area contributed by atoms with Gasteiger partial charge in [-0.15, -0.1) is 0 Å². The van der Waals surface area contributed by atoms with Crippen LogP contribution in [0.25, 0.3) is 5.73 Å². The van der Waals surface area contributed by atoms with Crippen molar-refractivity contribution in [3.05, 3.63) is 41.1 Å². The number of unbranched alkanes of at least 4 members (excludes halogenated alkanes) is 1. The van der Waals surface area contributed by atoms with Gasteiger partial charge in [-0.05, 0) is 18.4 Å². The van der Waals surface area contributed by atoms with Crippen LogP contribution in [0.15, 0.2) is 24.3 Å². The van der Waals surface area contributed by atoms with E-state index in [9.17, 15) is 4.79 Å². The van der Waals surface area contributed by atoms with Gasteiger partial charge in [0, 0.05) is 11.5 Å². The molecular formula is C13H16KNO. The molecule has 2 nitrogen and oxygen atoms in total. The molecule has 0 spiro atoms. The van der Waals surface area contributed by atoms with Gasteiger partial charge < -0.3 is 5.73 Å². The van der Waals surface area contributed by atoms with Crippen molar-refractivity contribution in [2.45, 2.75) is 25.7 Å². The van der Waals surface area contributed by atoms with Gasteiger partial charge in [-0.25, -0.2) is 0 Å². The second-order valence-corrected chi connectivity index (χ2v) is 4.17. The maximum atomic E-state index is 11.9. The van der Waals surface area contributed by atoms with Crippen LogP contribution in [0, 0.1) is 5.92 Å². The SMILES string of the molecule is [K+].[NH-]CCCCC1Cc2ccccc2C1=O. The number of hydrogen-bond acceptors (Lipinski definition) is 1. The normalized spacial score (nSPS) is 18.1. The smallest absolute Gasteiger partial charge is 0.677 e. The van der Waals surface area contributed by atoms with E-state index in [-0.39, 0.29) is 57.3 Å². The molecule has 1 atom stereocenters. The van der Waals surface area contributed by atoms with Crippen LogP contribution >= 0.6 is 0 Å². The minimum absolute atomic E-state index is 0. The van der Waals surface area contributed by atoms with E-state index in [0.29, 0.717) is 12.3 Å². The number of nitrogens with one attached hydrogen (secondary N) is 1. The Morgan fingerprint density at radius 1 is 1.25 bits per heavy atom. The Bertz CT molecular complexity index is 365. The molecular weight excluding hydrogens is 225 g/mol. The van der Waals surface area contributed by atoms with Crippen LogP contribution in [-0.2, 0) is 6.42 Å². The number of fused-ring (bicyclic) bond motifs is 1. The second-order valence-electron chi connectivity index (χ2n) is 4.17. The molecule has 80 valence electrons. The maximum Gasteiger partial charge on any atom is 1.00 e. The van der Waals surface area contributed by atoms with Gasteiger partial charge in [0.1, 0.15) is 0 Å². The van der Waals surface area contributed by atoms with Crippen molar-refractivity contribution in [2.24, 2.45) is 5.92 Å². The van der Waals surface area contributed by atoms with E-state index >= 15 is 0 Å². The standard InChI is InChI=1S/C13H16NO.K/c14-8-4-3-6-11-9-10-5-1-2-7-12(10)13(11)15;/h1-2,5,7,11,14H,3-4,6,8-9H2;/q-1;+1. The molecule has 1 aromatic rings. The number of carbonyl (C=O) groups excluding carboxylic acids is 1. The molecule has 0 amide bonds. The van der Waals surface area contributed by atoms with Crippen molar-refractivity contribution >= 4 is 5.78 Å². The molecule has 1 aliphatic carbocycles. The van der Waals surface area contributed by atoms with Gasteiger partial charge in [-0.1, -0.05) is 37.1 Å². The molecule has 0 radical (unpaired) electrons. The van der Waals surface area contributed by atoms with E-state index in [1.165, 1.54) is 5.56 Å². The van der Waals surface area contributed by atoms with Crippen molar-refractivity contribution in [1.29, 1.82) is 0 Å². The third-order valence-electron chi connectivity index (χ3n) is 3.10. The Morgan fingerprint density at radius 3 is 2.69 bits per heavy atom.